The number of hydrogen-bond donors (Lipinski definition) is 0. The van der Waals surface area contributed by atoms with Crippen molar-refractivity contribution in [2.45, 2.75) is 19.9 Å². The highest BCUT2D eigenvalue weighted by molar-refractivity contribution is 6.17. The van der Waals surface area contributed by atoms with Gasteiger partial charge in [-0.25, -0.2) is 9.97 Å². The molecule has 0 spiro atoms. The van der Waals surface area contributed by atoms with Crippen molar-refractivity contribution >= 4 is 22.8 Å². The first-order chi connectivity index (χ1) is 9.67. The lowest BCUT2D eigenvalue weighted by atomic mass is 10.3. The lowest BCUT2D eigenvalue weighted by Gasteiger charge is -2.06. The van der Waals surface area contributed by atoms with E-state index in [4.69, 9.17) is 11.6 Å². The van der Waals surface area contributed by atoms with E-state index >= 15 is 0 Å². The van der Waals surface area contributed by atoms with Crippen LogP contribution in [0.3, 0.4) is 0 Å². The van der Waals surface area contributed by atoms with Crippen LogP contribution >= 0.6 is 11.6 Å². The fourth-order valence-electron chi connectivity index (χ4n) is 2.34. The topological polar surface area (TPSA) is 48.5 Å². The highest BCUT2D eigenvalue weighted by atomic mass is 35.5. The molecule has 0 aliphatic heterocycles. The molecule has 0 unspecified atom stereocenters. The molecule has 0 aromatic carbocycles. The fraction of sp³-hybridized carbons (Fsp3) is 0.357. The van der Waals surface area contributed by atoms with Gasteiger partial charge < -0.3 is 4.57 Å². The van der Waals surface area contributed by atoms with Gasteiger partial charge in [0.1, 0.15) is 11.3 Å². The number of pyridine rings is 1. The molecule has 0 radical (unpaired) electrons. The van der Waals surface area contributed by atoms with Crippen LogP contribution in [0.25, 0.3) is 11.2 Å². The zero-order valence-corrected chi connectivity index (χ0v) is 12.3. The number of halogens is 1. The van der Waals surface area contributed by atoms with Crippen molar-refractivity contribution in [2.75, 3.05) is 5.88 Å². The molecule has 0 amide bonds. The van der Waals surface area contributed by atoms with Gasteiger partial charge in [0, 0.05) is 37.3 Å². The molecular formula is C14H16ClN5. The summed E-state index contributed by atoms with van der Waals surface area (Å²) in [5, 5.41) is 4.20. The number of fused-ring (bicyclic) bond motifs is 1. The van der Waals surface area contributed by atoms with Crippen LogP contribution in [0.4, 0.5) is 0 Å². The van der Waals surface area contributed by atoms with Crippen LogP contribution in [-0.2, 0) is 20.0 Å². The third-order valence-corrected chi connectivity index (χ3v) is 3.41. The van der Waals surface area contributed by atoms with Gasteiger partial charge in [-0.3, -0.25) is 4.68 Å². The summed E-state index contributed by atoms with van der Waals surface area (Å²) in [5.74, 6) is 1.52. The summed E-state index contributed by atoms with van der Waals surface area (Å²) < 4.78 is 3.92. The third kappa shape index (κ3) is 2.41. The van der Waals surface area contributed by atoms with Crippen LogP contribution in [-0.4, -0.2) is 30.2 Å². The Morgan fingerprint density at radius 3 is 2.85 bits per heavy atom. The Morgan fingerprint density at radius 2 is 2.15 bits per heavy atom. The fourth-order valence-corrected chi connectivity index (χ4v) is 2.51. The van der Waals surface area contributed by atoms with Crippen molar-refractivity contribution in [3.63, 3.8) is 0 Å². The first-order valence-electron chi connectivity index (χ1n) is 6.52. The molecule has 5 nitrogen and oxygen atoms in total. The molecule has 0 aliphatic rings. The quantitative estimate of drug-likeness (QED) is 0.693. The second-order valence-corrected chi connectivity index (χ2v) is 5.31. The molecule has 0 atom stereocenters. The molecule has 3 rings (SSSR count). The number of aryl methyl sites for hydroxylation is 3. The van der Waals surface area contributed by atoms with Crippen LogP contribution in [0.5, 0.6) is 0 Å². The summed E-state index contributed by atoms with van der Waals surface area (Å²) in [6.45, 7) is 2.74. The minimum absolute atomic E-state index is 0.551. The van der Waals surface area contributed by atoms with E-state index in [1.54, 1.807) is 4.68 Å². The monoisotopic (exact) mass is 289 g/mol. The van der Waals surface area contributed by atoms with E-state index in [0.29, 0.717) is 12.4 Å². The predicted molar refractivity (Wildman–Crippen MR) is 79.0 cm³/mol. The number of imidazole rings is 1. The second-order valence-electron chi connectivity index (χ2n) is 4.93. The lowest BCUT2D eigenvalue weighted by Crippen LogP contribution is -2.06. The highest BCUT2D eigenvalue weighted by Crippen LogP contribution is 2.17. The van der Waals surface area contributed by atoms with Crippen molar-refractivity contribution in [3.8, 4) is 0 Å². The van der Waals surface area contributed by atoms with E-state index < -0.39 is 0 Å². The van der Waals surface area contributed by atoms with Gasteiger partial charge in [-0.2, -0.15) is 5.10 Å². The second kappa shape index (κ2) is 5.25. The maximum absolute atomic E-state index is 5.88. The summed E-state index contributed by atoms with van der Waals surface area (Å²) in [6.07, 6.45) is 6.47. The van der Waals surface area contributed by atoms with E-state index in [-0.39, 0.29) is 0 Å². The first-order valence-corrected chi connectivity index (χ1v) is 7.06. The van der Waals surface area contributed by atoms with E-state index in [9.17, 15) is 0 Å². The highest BCUT2D eigenvalue weighted by Gasteiger charge is 2.12. The van der Waals surface area contributed by atoms with Crippen molar-refractivity contribution < 1.29 is 0 Å². The van der Waals surface area contributed by atoms with Gasteiger partial charge in [-0.1, -0.05) is 0 Å². The zero-order chi connectivity index (χ0) is 14.1. The Kier molecular flexibility index (Phi) is 3.44. The van der Waals surface area contributed by atoms with Gasteiger partial charge in [0.25, 0.3) is 0 Å². The zero-order valence-electron chi connectivity index (χ0n) is 11.5. The molecule has 0 N–H and O–H groups in total. The normalized spacial score (nSPS) is 11.3. The molecule has 0 fully saturated rings. The summed E-state index contributed by atoms with van der Waals surface area (Å²) in [4.78, 5) is 9.17. The molecule has 104 valence electrons. The molecule has 0 aliphatic carbocycles. The lowest BCUT2D eigenvalue weighted by molar-refractivity contribution is 0.742. The Morgan fingerprint density at radius 1 is 1.30 bits per heavy atom. The largest absolute Gasteiger partial charge is 0.308 e. The third-order valence-electron chi connectivity index (χ3n) is 3.22. The SMILES string of the molecule is Cc1cnc2c(c1)nc(CCCl)n2Cc1cnn(C)c1. The van der Waals surface area contributed by atoms with Crippen LogP contribution in [0.15, 0.2) is 24.7 Å². The Labute approximate surface area is 122 Å². The van der Waals surface area contributed by atoms with Crippen LogP contribution in [0.2, 0.25) is 0 Å². The molecular weight excluding hydrogens is 274 g/mol. The van der Waals surface area contributed by atoms with Gasteiger partial charge in [0.15, 0.2) is 5.65 Å². The van der Waals surface area contributed by atoms with Gasteiger partial charge in [-0.05, 0) is 18.6 Å². The minimum Gasteiger partial charge on any atom is -0.308 e. The molecule has 3 aromatic heterocycles. The number of hydrogen-bond acceptors (Lipinski definition) is 3. The van der Waals surface area contributed by atoms with E-state index in [1.807, 2.05) is 32.6 Å². The van der Waals surface area contributed by atoms with Crippen molar-refractivity contribution in [1.29, 1.82) is 0 Å². The maximum atomic E-state index is 5.88. The molecule has 3 aromatic rings. The van der Waals surface area contributed by atoms with Gasteiger partial charge >= 0.3 is 0 Å². The van der Waals surface area contributed by atoms with E-state index in [2.05, 4.69) is 25.7 Å². The summed E-state index contributed by atoms with van der Waals surface area (Å²) in [6, 6.07) is 2.06. The standard InChI is InChI=1S/C14H16ClN5/c1-10-5-12-14(16-6-10)20(13(18-12)3-4-15)9-11-7-17-19(2)8-11/h5-8H,3-4,9H2,1-2H3. The molecule has 3 heterocycles. The number of alkyl halides is 1. The van der Waals surface area contributed by atoms with Crippen molar-refractivity contribution in [2.24, 2.45) is 7.05 Å². The van der Waals surface area contributed by atoms with Crippen LogP contribution < -0.4 is 0 Å². The molecule has 0 saturated heterocycles. The van der Waals surface area contributed by atoms with E-state index in [1.165, 1.54) is 0 Å². The Hall–Kier alpha value is -1.88. The first kappa shape index (κ1) is 13.1. The summed E-state index contributed by atoms with van der Waals surface area (Å²) >= 11 is 5.88. The van der Waals surface area contributed by atoms with Gasteiger partial charge in [0.05, 0.1) is 12.7 Å². The maximum Gasteiger partial charge on any atom is 0.160 e. The van der Waals surface area contributed by atoms with Crippen molar-refractivity contribution in [3.05, 3.63) is 41.6 Å². The van der Waals surface area contributed by atoms with E-state index in [0.717, 1.165) is 34.5 Å². The number of aromatic nitrogens is 5. The summed E-state index contributed by atoms with van der Waals surface area (Å²) in [7, 11) is 1.91. The smallest absolute Gasteiger partial charge is 0.160 e. The molecule has 6 heteroatoms. The Bertz CT molecular complexity index is 743. The minimum atomic E-state index is 0.551. The van der Waals surface area contributed by atoms with Crippen LogP contribution in [0.1, 0.15) is 17.0 Å². The Balaban J connectivity index is 2.08. The van der Waals surface area contributed by atoms with Gasteiger partial charge in [-0.15, -0.1) is 11.6 Å². The number of rotatable bonds is 4. The molecule has 0 bridgehead atoms. The number of nitrogens with zero attached hydrogens (tertiary/aromatic N) is 5. The molecule has 20 heavy (non-hydrogen) atoms. The van der Waals surface area contributed by atoms with Crippen molar-refractivity contribution in [1.82, 2.24) is 24.3 Å². The average molecular weight is 290 g/mol. The van der Waals surface area contributed by atoms with Gasteiger partial charge in [0.2, 0.25) is 0 Å². The van der Waals surface area contributed by atoms with Crippen LogP contribution in [0, 0.1) is 6.92 Å². The predicted octanol–water partition coefficient (Wildman–Crippen LogP) is 2.30. The summed E-state index contributed by atoms with van der Waals surface area (Å²) in [5.41, 5.74) is 4.07. The molecule has 0 saturated carbocycles. The average Bonchev–Trinajstić information content (AvgIpc) is 2.95.